The van der Waals surface area contributed by atoms with Crippen LogP contribution < -0.4 is 11.5 Å². The Balaban J connectivity index is 3.20. The van der Waals surface area contributed by atoms with Gasteiger partial charge in [-0.2, -0.15) is 0 Å². The minimum absolute atomic E-state index is 0.106. The number of anilines is 2. The van der Waals surface area contributed by atoms with Crippen LogP contribution in [0.1, 0.15) is 10.4 Å². The molecule has 4 nitrogen and oxygen atoms in total. The fraction of sp³-hybridized carbons (Fsp3) is 0. The minimum Gasteiger partial charge on any atom is -0.506 e. The number of hydrogen-bond donors (Lipinski definition) is 3. The lowest BCUT2D eigenvalue weighted by Crippen LogP contribution is -1.99. The molecule has 0 spiro atoms. The van der Waals surface area contributed by atoms with Crippen molar-refractivity contribution < 1.29 is 9.90 Å². The van der Waals surface area contributed by atoms with Crippen molar-refractivity contribution in [1.82, 2.24) is 0 Å². The summed E-state index contributed by atoms with van der Waals surface area (Å²) in [6, 6.07) is 2.75. The van der Waals surface area contributed by atoms with Crippen LogP contribution in [-0.4, -0.2) is 10.2 Å². The van der Waals surface area contributed by atoms with Crippen LogP contribution in [0.5, 0.6) is 5.75 Å². The van der Waals surface area contributed by atoms with Crippen LogP contribution in [0.25, 0.3) is 0 Å². The zero-order valence-corrected chi connectivity index (χ0v) is 9.43. The Kier molecular flexibility index (Phi) is 3.26. The molecule has 0 unspecified atom stereocenters. The Morgan fingerprint density at radius 3 is 2.54 bits per heavy atom. The van der Waals surface area contributed by atoms with Crippen LogP contribution in [0, 0.1) is 0 Å². The zero-order valence-electron chi connectivity index (χ0n) is 6.45. The molecule has 0 aliphatic carbocycles. The molecule has 1 rings (SSSR count). The molecule has 13 heavy (non-hydrogen) atoms. The van der Waals surface area contributed by atoms with E-state index in [1.165, 1.54) is 12.1 Å². The Labute approximate surface area is 91.3 Å². The predicted molar refractivity (Wildman–Crippen MR) is 62.9 cm³/mol. The van der Waals surface area contributed by atoms with Crippen molar-refractivity contribution in [2.24, 2.45) is 0 Å². The van der Waals surface area contributed by atoms with Crippen LogP contribution in [0.2, 0.25) is 0 Å². The molecule has 5 N–H and O–H groups in total. The van der Waals surface area contributed by atoms with E-state index in [1.54, 1.807) is 0 Å². The van der Waals surface area contributed by atoms with E-state index in [1.807, 2.05) is 21.2 Å². The van der Waals surface area contributed by atoms with E-state index in [9.17, 15) is 9.90 Å². The number of rotatable bonds is 1. The first-order valence-corrected chi connectivity index (χ1v) is 6.63. The van der Waals surface area contributed by atoms with Crippen molar-refractivity contribution in [1.29, 1.82) is 0 Å². The van der Waals surface area contributed by atoms with Crippen LogP contribution in [-0.2, 0) is 0 Å². The summed E-state index contributed by atoms with van der Waals surface area (Å²) < 4.78 is 0. The van der Waals surface area contributed by atoms with E-state index in [-0.39, 0.29) is 22.2 Å². The lowest BCUT2D eigenvalue weighted by atomic mass is 10.2. The van der Waals surface area contributed by atoms with Crippen molar-refractivity contribution >= 4 is 46.6 Å². The molecule has 0 amide bonds. The number of carbonyl (C=O) groups is 1. The van der Waals surface area contributed by atoms with Crippen molar-refractivity contribution in [2.45, 2.75) is 0 Å². The summed E-state index contributed by atoms with van der Waals surface area (Å²) in [5.74, 6) is -0.159. The molecule has 0 atom stereocenters. The molecule has 1 aromatic rings. The average Bonchev–Trinajstić information content (AvgIpc) is 2.12. The standard InChI is InChI=1S/C7H7IN2O2S/c8-13-7(12)3-1-4(9)6(10)5(11)2-3/h1-2,11H,9-10H2. The molecule has 0 radical (unpaired) electrons. The van der Waals surface area contributed by atoms with Gasteiger partial charge in [-0.3, -0.25) is 4.79 Å². The second-order valence-electron chi connectivity index (χ2n) is 2.36. The maximum Gasteiger partial charge on any atom is 0.229 e. The van der Waals surface area contributed by atoms with E-state index < -0.39 is 0 Å². The highest BCUT2D eigenvalue weighted by Crippen LogP contribution is 2.30. The first kappa shape index (κ1) is 10.5. The summed E-state index contributed by atoms with van der Waals surface area (Å²) >= 11 is 1.86. The number of halogens is 1. The molecule has 0 saturated carbocycles. The molecule has 0 aliphatic rings. The number of hydrogen-bond acceptors (Lipinski definition) is 5. The smallest absolute Gasteiger partial charge is 0.229 e. The maximum atomic E-state index is 11.2. The maximum absolute atomic E-state index is 11.2. The van der Waals surface area contributed by atoms with Gasteiger partial charge in [0.1, 0.15) is 5.75 Å². The predicted octanol–water partition coefficient (Wildman–Crippen LogP) is 1.78. The number of benzene rings is 1. The first-order chi connectivity index (χ1) is 6.06. The van der Waals surface area contributed by atoms with Crippen molar-refractivity contribution in [3.8, 4) is 5.75 Å². The van der Waals surface area contributed by atoms with Gasteiger partial charge in [0.25, 0.3) is 0 Å². The Hall–Kier alpha value is -0.630. The summed E-state index contributed by atoms with van der Waals surface area (Å²) in [6.07, 6.45) is 0. The Bertz CT molecular complexity index is 333. The molecule has 0 fully saturated rings. The molecular weight excluding hydrogens is 303 g/mol. The molecule has 70 valence electrons. The quantitative estimate of drug-likeness (QED) is 0.418. The van der Waals surface area contributed by atoms with Gasteiger partial charge in [-0.15, -0.1) is 0 Å². The molecule has 0 aromatic heterocycles. The van der Waals surface area contributed by atoms with Gasteiger partial charge in [0.05, 0.1) is 11.4 Å². The minimum atomic E-state index is -0.164. The lowest BCUT2D eigenvalue weighted by Gasteiger charge is -2.04. The highest BCUT2D eigenvalue weighted by molar-refractivity contribution is 14.2. The average molecular weight is 310 g/mol. The SMILES string of the molecule is Nc1cc(C(=O)SI)cc(O)c1N. The van der Waals surface area contributed by atoms with Crippen LogP contribution >= 0.6 is 30.1 Å². The van der Waals surface area contributed by atoms with Gasteiger partial charge in [0.2, 0.25) is 5.12 Å². The van der Waals surface area contributed by atoms with Crippen molar-refractivity contribution in [3.63, 3.8) is 0 Å². The fourth-order valence-corrected chi connectivity index (χ4v) is 1.79. The molecular formula is C7H7IN2O2S. The highest BCUT2D eigenvalue weighted by Gasteiger charge is 2.10. The third-order valence-electron chi connectivity index (χ3n) is 1.50. The van der Waals surface area contributed by atoms with Gasteiger partial charge in [-0.25, -0.2) is 0 Å². The Morgan fingerprint density at radius 1 is 1.46 bits per heavy atom. The third-order valence-corrected chi connectivity index (χ3v) is 3.07. The molecule has 0 saturated heterocycles. The molecule has 0 heterocycles. The zero-order chi connectivity index (χ0) is 10.0. The number of aromatic hydroxyl groups is 1. The number of phenols is 1. The van der Waals surface area contributed by atoms with Crippen LogP contribution in [0.4, 0.5) is 11.4 Å². The van der Waals surface area contributed by atoms with Gasteiger partial charge in [0, 0.05) is 26.8 Å². The van der Waals surface area contributed by atoms with E-state index >= 15 is 0 Å². The van der Waals surface area contributed by atoms with E-state index in [2.05, 4.69) is 0 Å². The van der Waals surface area contributed by atoms with Gasteiger partial charge >= 0.3 is 0 Å². The molecule has 6 heteroatoms. The summed E-state index contributed by atoms with van der Waals surface area (Å²) in [7, 11) is 1.02. The lowest BCUT2D eigenvalue weighted by molar-refractivity contribution is 0.109. The fourth-order valence-electron chi connectivity index (χ4n) is 0.822. The van der Waals surface area contributed by atoms with Crippen LogP contribution in [0.3, 0.4) is 0 Å². The summed E-state index contributed by atoms with van der Waals surface area (Å²) in [5, 5.41) is 9.09. The third kappa shape index (κ3) is 2.19. The molecule has 0 aliphatic heterocycles. The van der Waals surface area contributed by atoms with E-state index in [0.29, 0.717) is 5.56 Å². The monoisotopic (exact) mass is 310 g/mol. The summed E-state index contributed by atoms with van der Waals surface area (Å²) in [4.78, 5) is 11.2. The second kappa shape index (κ2) is 4.05. The molecule has 0 bridgehead atoms. The largest absolute Gasteiger partial charge is 0.506 e. The van der Waals surface area contributed by atoms with Gasteiger partial charge in [-0.1, -0.05) is 0 Å². The number of nitrogens with two attached hydrogens (primary N) is 2. The molecule has 1 aromatic carbocycles. The van der Waals surface area contributed by atoms with Gasteiger partial charge in [0.15, 0.2) is 0 Å². The first-order valence-electron chi connectivity index (χ1n) is 3.27. The Morgan fingerprint density at radius 2 is 2.08 bits per heavy atom. The summed E-state index contributed by atoms with van der Waals surface area (Å²) in [5.41, 5.74) is 11.5. The number of nitrogen functional groups attached to an aromatic ring is 2. The second-order valence-corrected chi connectivity index (χ2v) is 4.21. The van der Waals surface area contributed by atoms with Crippen molar-refractivity contribution in [3.05, 3.63) is 17.7 Å². The number of phenolic OH excluding ortho intramolecular Hbond substituents is 1. The number of carbonyl (C=O) groups excluding carboxylic acids is 1. The van der Waals surface area contributed by atoms with Gasteiger partial charge in [-0.05, 0) is 21.1 Å². The van der Waals surface area contributed by atoms with E-state index in [4.69, 9.17) is 11.5 Å². The summed E-state index contributed by atoms with van der Waals surface area (Å²) in [6.45, 7) is 0. The van der Waals surface area contributed by atoms with E-state index in [0.717, 1.165) is 8.93 Å². The van der Waals surface area contributed by atoms with Gasteiger partial charge < -0.3 is 16.6 Å². The normalized spacial score (nSPS) is 9.92. The highest BCUT2D eigenvalue weighted by atomic mass is 127. The van der Waals surface area contributed by atoms with Crippen LogP contribution in [0.15, 0.2) is 12.1 Å². The topological polar surface area (TPSA) is 89.3 Å². The van der Waals surface area contributed by atoms with Crippen molar-refractivity contribution in [2.75, 3.05) is 11.5 Å².